The van der Waals surface area contributed by atoms with E-state index >= 15 is 0 Å². The number of pyridine rings is 1. The zero-order valence-corrected chi connectivity index (χ0v) is 13.3. The first-order valence-electron chi connectivity index (χ1n) is 7.29. The Labute approximate surface area is 134 Å². The maximum absolute atomic E-state index is 11.6. The minimum absolute atomic E-state index is 0.243. The highest BCUT2D eigenvalue weighted by atomic mass is 16.5. The number of aromatic carboxylic acids is 1. The predicted molar refractivity (Wildman–Crippen MR) is 90.2 cm³/mol. The number of carboxylic acid groups (broad SMARTS) is 1. The molecule has 0 saturated heterocycles. The van der Waals surface area contributed by atoms with Crippen LogP contribution in [0.3, 0.4) is 0 Å². The molecule has 0 aliphatic heterocycles. The van der Waals surface area contributed by atoms with E-state index < -0.39 is 5.97 Å². The lowest BCUT2D eigenvalue weighted by molar-refractivity contribution is 0.0699. The first-order chi connectivity index (χ1) is 11.0. The number of fused-ring (bicyclic) bond motifs is 1. The fourth-order valence-corrected chi connectivity index (χ4v) is 2.75. The van der Waals surface area contributed by atoms with Crippen molar-refractivity contribution in [2.24, 2.45) is 0 Å². The normalized spacial score (nSPS) is 10.7. The molecular formula is C19H17NO3. The maximum Gasteiger partial charge on any atom is 0.336 e. The van der Waals surface area contributed by atoms with Crippen LogP contribution < -0.4 is 4.74 Å². The van der Waals surface area contributed by atoms with Crippen LogP contribution in [0.2, 0.25) is 0 Å². The molecular weight excluding hydrogens is 290 g/mol. The van der Waals surface area contributed by atoms with Gasteiger partial charge in [-0.2, -0.15) is 0 Å². The molecule has 4 nitrogen and oxygen atoms in total. The number of hydrogen-bond acceptors (Lipinski definition) is 3. The van der Waals surface area contributed by atoms with E-state index in [1.165, 1.54) is 0 Å². The van der Waals surface area contributed by atoms with Crippen LogP contribution >= 0.6 is 0 Å². The van der Waals surface area contributed by atoms with E-state index in [0.717, 1.165) is 16.7 Å². The standard InChI is InChI=1S/C19H17NO3/c1-11-4-6-14(12(2)8-11)18-10-16(19(21)22)15-7-5-13(23-3)9-17(15)20-18/h4-10H,1-3H3,(H,21,22). The van der Waals surface area contributed by atoms with E-state index in [9.17, 15) is 9.90 Å². The van der Waals surface area contributed by atoms with Crippen molar-refractivity contribution in [3.8, 4) is 17.0 Å². The molecule has 0 atom stereocenters. The smallest absolute Gasteiger partial charge is 0.336 e. The van der Waals surface area contributed by atoms with Gasteiger partial charge in [0.15, 0.2) is 0 Å². The van der Waals surface area contributed by atoms with Gasteiger partial charge in [-0.25, -0.2) is 9.78 Å². The number of aromatic nitrogens is 1. The largest absolute Gasteiger partial charge is 0.497 e. The number of hydrogen-bond donors (Lipinski definition) is 1. The molecule has 0 amide bonds. The van der Waals surface area contributed by atoms with Gasteiger partial charge >= 0.3 is 5.97 Å². The summed E-state index contributed by atoms with van der Waals surface area (Å²) in [5.74, 6) is -0.312. The van der Waals surface area contributed by atoms with Gasteiger partial charge < -0.3 is 9.84 Å². The number of rotatable bonds is 3. The van der Waals surface area contributed by atoms with E-state index in [0.29, 0.717) is 22.3 Å². The molecule has 1 heterocycles. The third kappa shape index (κ3) is 2.75. The molecule has 0 aliphatic carbocycles. The van der Waals surface area contributed by atoms with Crippen molar-refractivity contribution < 1.29 is 14.6 Å². The maximum atomic E-state index is 11.6. The average Bonchev–Trinajstić information content (AvgIpc) is 2.53. The quantitative estimate of drug-likeness (QED) is 0.787. The Bertz CT molecular complexity index is 916. The number of ether oxygens (including phenoxy) is 1. The lowest BCUT2D eigenvalue weighted by Gasteiger charge is -2.11. The summed E-state index contributed by atoms with van der Waals surface area (Å²) in [5.41, 5.74) is 4.67. The van der Waals surface area contributed by atoms with E-state index in [1.807, 2.05) is 26.0 Å². The molecule has 0 unspecified atom stereocenters. The van der Waals surface area contributed by atoms with Gasteiger partial charge in [-0.3, -0.25) is 0 Å². The molecule has 3 rings (SSSR count). The SMILES string of the molecule is COc1ccc2c(C(=O)O)cc(-c3ccc(C)cc3C)nc2c1. The second kappa shape index (κ2) is 5.72. The van der Waals surface area contributed by atoms with Gasteiger partial charge in [-0.15, -0.1) is 0 Å². The Morgan fingerprint density at radius 2 is 1.87 bits per heavy atom. The summed E-state index contributed by atoms with van der Waals surface area (Å²) in [6.07, 6.45) is 0. The zero-order chi connectivity index (χ0) is 16.6. The number of carbonyl (C=O) groups is 1. The van der Waals surface area contributed by atoms with E-state index in [-0.39, 0.29) is 5.56 Å². The van der Waals surface area contributed by atoms with E-state index in [4.69, 9.17) is 4.74 Å². The van der Waals surface area contributed by atoms with Crippen LogP contribution in [-0.4, -0.2) is 23.2 Å². The number of benzene rings is 2. The summed E-state index contributed by atoms with van der Waals surface area (Å²) >= 11 is 0. The van der Waals surface area contributed by atoms with Gasteiger partial charge in [0.1, 0.15) is 5.75 Å². The number of carboxylic acids is 1. The van der Waals surface area contributed by atoms with Crippen molar-refractivity contribution in [1.29, 1.82) is 0 Å². The second-order valence-electron chi connectivity index (χ2n) is 5.56. The van der Waals surface area contributed by atoms with Crippen molar-refractivity contribution in [2.45, 2.75) is 13.8 Å². The van der Waals surface area contributed by atoms with Crippen LogP contribution in [0.15, 0.2) is 42.5 Å². The van der Waals surface area contributed by atoms with Crippen LogP contribution in [0.4, 0.5) is 0 Å². The molecule has 2 aromatic carbocycles. The summed E-state index contributed by atoms with van der Waals surface area (Å²) < 4.78 is 5.22. The van der Waals surface area contributed by atoms with Gasteiger partial charge in [-0.1, -0.05) is 23.8 Å². The minimum Gasteiger partial charge on any atom is -0.497 e. The molecule has 23 heavy (non-hydrogen) atoms. The topological polar surface area (TPSA) is 59.4 Å². The zero-order valence-electron chi connectivity index (χ0n) is 13.3. The summed E-state index contributed by atoms with van der Waals surface area (Å²) in [7, 11) is 1.58. The Morgan fingerprint density at radius 3 is 2.52 bits per heavy atom. The first kappa shape index (κ1) is 15.0. The average molecular weight is 307 g/mol. The fourth-order valence-electron chi connectivity index (χ4n) is 2.75. The summed E-state index contributed by atoms with van der Waals surface area (Å²) in [5, 5.41) is 10.1. The third-order valence-electron chi connectivity index (χ3n) is 3.91. The molecule has 0 saturated carbocycles. The lowest BCUT2D eigenvalue weighted by atomic mass is 9.99. The van der Waals surface area contributed by atoms with Gasteiger partial charge in [-0.05, 0) is 37.6 Å². The Morgan fingerprint density at radius 1 is 1.09 bits per heavy atom. The minimum atomic E-state index is -0.964. The predicted octanol–water partition coefficient (Wildman–Crippen LogP) is 4.23. The molecule has 0 radical (unpaired) electrons. The van der Waals surface area contributed by atoms with Crippen molar-refractivity contribution in [3.63, 3.8) is 0 Å². The number of nitrogens with zero attached hydrogens (tertiary/aromatic N) is 1. The van der Waals surface area contributed by atoms with Crippen molar-refractivity contribution in [1.82, 2.24) is 4.98 Å². The van der Waals surface area contributed by atoms with Crippen LogP contribution in [0.1, 0.15) is 21.5 Å². The van der Waals surface area contributed by atoms with Gasteiger partial charge in [0, 0.05) is 17.0 Å². The summed E-state index contributed by atoms with van der Waals surface area (Å²) in [4.78, 5) is 16.3. The van der Waals surface area contributed by atoms with Gasteiger partial charge in [0.2, 0.25) is 0 Å². The van der Waals surface area contributed by atoms with E-state index in [1.54, 1.807) is 31.4 Å². The van der Waals surface area contributed by atoms with Crippen LogP contribution in [0.5, 0.6) is 5.75 Å². The van der Waals surface area contributed by atoms with Crippen LogP contribution in [-0.2, 0) is 0 Å². The van der Waals surface area contributed by atoms with Crippen molar-refractivity contribution in [3.05, 3.63) is 59.2 Å². The summed E-state index contributed by atoms with van der Waals surface area (Å²) in [6.45, 7) is 4.03. The van der Waals surface area contributed by atoms with Gasteiger partial charge in [0.05, 0.1) is 23.9 Å². The summed E-state index contributed by atoms with van der Waals surface area (Å²) in [6, 6.07) is 12.9. The lowest BCUT2D eigenvalue weighted by Crippen LogP contribution is -2.01. The highest BCUT2D eigenvalue weighted by Crippen LogP contribution is 2.29. The van der Waals surface area contributed by atoms with Crippen molar-refractivity contribution in [2.75, 3.05) is 7.11 Å². The molecule has 1 aromatic heterocycles. The Kier molecular flexibility index (Phi) is 3.74. The highest BCUT2D eigenvalue weighted by Gasteiger charge is 2.14. The number of aryl methyl sites for hydroxylation is 2. The molecule has 0 fully saturated rings. The molecule has 0 spiro atoms. The van der Waals surface area contributed by atoms with Crippen LogP contribution in [0, 0.1) is 13.8 Å². The first-order valence-corrected chi connectivity index (χ1v) is 7.29. The Balaban J connectivity index is 2.30. The molecule has 0 bridgehead atoms. The fraction of sp³-hybridized carbons (Fsp3) is 0.158. The molecule has 1 N–H and O–H groups in total. The molecule has 0 aliphatic rings. The van der Waals surface area contributed by atoms with E-state index in [2.05, 4.69) is 11.1 Å². The number of methoxy groups -OCH3 is 1. The van der Waals surface area contributed by atoms with Crippen molar-refractivity contribution >= 4 is 16.9 Å². The Hall–Kier alpha value is -2.88. The highest BCUT2D eigenvalue weighted by molar-refractivity contribution is 6.04. The third-order valence-corrected chi connectivity index (χ3v) is 3.91. The monoisotopic (exact) mass is 307 g/mol. The molecule has 3 aromatic rings. The molecule has 4 heteroatoms. The van der Waals surface area contributed by atoms with Crippen LogP contribution in [0.25, 0.3) is 22.2 Å². The van der Waals surface area contributed by atoms with Gasteiger partial charge in [0.25, 0.3) is 0 Å². The second-order valence-corrected chi connectivity index (χ2v) is 5.56. The molecule has 116 valence electrons.